The lowest BCUT2D eigenvalue weighted by Crippen LogP contribution is -1.97. The third kappa shape index (κ3) is 7.96. The van der Waals surface area contributed by atoms with Gasteiger partial charge in [0.25, 0.3) is 0 Å². The highest BCUT2D eigenvalue weighted by atomic mass is 14.5. The zero-order chi connectivity index (χ0) is 8.95. The van der Waals surface area contributed by atoms with Crippen LogP contribution in [0.4, 0.5) is 0 Å². The van der Waals surface area contributed by atoms with Gasteiger partial charge in [0, 0.05) is 4.40 Å². The van der Waals surface area contributed by atoms with Crippen LogP contribution in [0, 0.1) is 0 Å². The zero-order valence-electron chi connectivity index (χ0n) is 8.53. The molecule has 0 amide bonds. The van der Waals surface area contributed by atoms with E-state index < -0.39 is 0 Å². The van der Waals surface area contributed by atoms with Crippen molar-refractivity contribution in [2.75, 3.05) is 6.54 Å². The molecule has 0 aromatic carbocycles. The second kappa shape index (κ2) is 7.96. The van der Waals surface area contributed by atoms with E-state index in [1.165, 1.54) is 38.5 Å². The molecule has 60 valence electrons. The molecule has 0 saturated carbocycles. The highest BCUT2D eigenvalue weighted by Gasteiger charge is 1.85. The Morgan fingerprint density at radius 2 is 1.67 bits per heavy atom. The molecule has 0 aliphatic rings. The SMILES string of the molecule is CCCCCCCCN.[2HH].[2H][2H]. The van der Waals surface area contributed by atoms with Crippen LogP contribution in [0.2, 0.25) is 0 Å². The summed E-state index contributed by atoms with van der Waals surface area (Å²) in [6.07, 6.45) is 8.05. The van der Waals surface area contributed by atoms with E-state index in [-0.39, 0.29) is 1.43 Å². The summed E-state index contributed by atoms with van der Waals surface area (Å²) < 4.78 is 10.0. The van der Waals surface area contributed by atoms with Gasteiger partial charge in [-0.2, -0.15) is 0 Å². The standard InChI is InChI=1S/C8H19N.2H2/c1-2-3-4-5-6-7-8-9;;/h2-9H2,1H3;2*1H/i;1+1D;1+1. The van der Waals surface area contributed by atoms with E-state index >= 15 is 0 Å². The fraction of sp³-hybridized carbons (Fsp3) is 1.00. The smallest absolute Gasteiger partial charge is 0 e. The molecule has 0 bridgehead atoms. The van der Waals surface area contributed by atoms with Crippen LogP contribution in [-0.4, -0.2) is 6.54 Å². The van der Waals surface area contributed by atoms with Crippen LogP contribution in [-0.2, 0) is 0 Å². The van der Waals surface area contributed by atoms with Crippen molar-refractivity contribution in [3.05, 3.63) is 0 Å². The minimum Gasteiger partial charge on any atom is -0.330 e. The maximum absolute atomic E-state index is 5.34. The fourth-order valence-corrected chi connectivity index (χ4v) is 0.925. The van der Waals surface area contributed by atoms with Crippen molar-refractivity contribution >= 4 is 0 Å². The van der Waals surface area contributed by atoms with Gasteiger partial charge in [-0.05, 0) is 13.0 Å². The Morgan fingerprint density at radius 3 is 2.22 bits per heavy atom. The first-order valence-electron chi connectivity index (χ1n) is 5.12. The minimum atomic E-state index is 0. The van der Waals surface area contributed by atoms with Crippen molar-refractivity contribution in [3.8, 4) is 0 Å². The molecule has 0 aliphatic carbocycles. The summed E-state index contributed by atoms with van der Waals surface area (Å²) in [6.45, 7) is 3.11. The second-order valence-corrected chi connectivity index (χ2v) is 2.56. The summed E-state index contributed by atoms with van der Waals surface area (Å²) in [4.78, 5) is 0. The number of unbranched alkanes of at least 4 members (excludes halogenated alkanes) is 5. The van der Waals surface area contributed by atoms with E-state index in [9.17, 15) is 0 Å². The van der Waals surface area contributed by atoms with E-state index in [1.54, 1.807) is 0 Å². The molecule has 0 rings (SSSR count). The Labute approximate surface area is 63.2 Å². The van der Waals surface area contributed by atoms with Gasteiger partial charge in [0.15, 0.2) is 0 Å². The minimum absolute atomic E-state index is 0. The predicted octanol–water partition coefficient (Wildman–Crippen LogP) is 2.80. The van der Waals surface area contributed by atoms with Crippen LogP contribution in [0.25, 0.3) is 0 Å². The van der Waals surface area contributed by atoms with Crippen molar-refractivity contribution in [1.82, 2.24) is 0 Å². The van der Waals surface area contributed by atoms with E-state index in [2.05, 4.69) is 6.92 Å². The summed E-state index contributed by atoms with van der Waals surface area (Å²) in [6, 6.07) is 0. The highest BCUT2D eigenvalue weighted by molar-refractivity contribution is 4.43. The van der Waals surface area contributed by atoms with Gasteiger partial charge in [-0.25, -0.2) is 0 Å². The molecule has 0 radical (unpaired) electrons. The van der Waals surface area contributed by atoms with Crippen molar-refractivity contribution in [1.29, 1.82) is 0 Å². The van der Waals surface area contributed by atoms with Gasteiger partial charge < -0.3 is 5.73 Å². The third-order valence-corrected chi connectivity index (χ3v) is 1.56. The van der Waals surface area contributed by atoms with Crippen molar-refractivity contribution in [2.45, 2.75) is 45.4 Å². The average molecular weight is 136 g/mol. The molecule has 0 fully saturated rings. The highest BCUT2D eigenvalue weighted by Crippen LogP contribution is 2.03. The monoisotopic (exact) mass is 136 g/mol. The van der Waals surface area contributed by atoms with Gasteiger partial charge in [-0.3, -0.25) is 0 Å². The maximum Gasteiger partial charge on any atom is 0 e. The Bertz CT molecular complexity index is 47.6. The van der Waals surface area contributed by atoms with Crippen LogP contribution in [0.3, 0.4) is 0 Å². The Kier molecular flexibility index (Phi) is 6.25. The lowest BCUT2D eigenvalue weighted by Gasteiger charge is -1.96. The molecule has 0 heterocycles. The molecule has 0 unspecified atom stereocenters. The fourth-order valence-electron chi connectivity index (χ4n) is 0.925. The van der Waals surface area contributed by atoms with Crippen molar-refractivity contribution in [3.63, 3.8) is 0 Å². The van der Waals surface area contributed by atoms with Gasteiger partial charge in [0.1, 0.15) is 0 Å². The first-order chi connectivity index (χ1) is 5.41. The largest absolute Gasteiger partial charge is 0.330 e. The molecule has 0 spiro atoms. The zero-order valence-corrected chi connectivity index (χ0v) is 6.53. The summed E-state index contributed by atoms with van der Waals surface area (Å²) >= 11 is 0. The lowest BCUT2D eigenvalue weighted by molar-refractivity contribution is 0.612. The summed E-state index contributed by atoms with van der Waals surface area (Å²) in [7, 11) is 0. The van der Waals surface area contributed by atoms with Crippen LogP contribution >= 0.6 is 0 Å². The van der Waals surface area contributed by atoms with Gasteiger partial charge in [0.2, 0.25) is 0 Å². The Hall–Kier alpha value is -0.0400. The molecule has 2 N–H and O–H groups in total. The van der Waals surface area contributed by atoms with Crippen LogP contribution in [0.1, 0.15) is 49.8 Å². The average Bonchev–Trinajstić information content (AvgIpc) is 2.08. The summed E-state index contributed by atoms with van der Waals surface area (Å²) in [5.74, 6) is 0. The molecule has 0 aliphatic heterocycles. The first-order valence-corrected chi connectivity index (χ1v) is 4.12. The predicted molar refractivity (Wildman–Crippen MR) is 46.7 cm³/mol. The van der Waals surface area contributed by atoms with Crippen molar-refractivity contribution < 1.29 is 4.40 Å². The normalized spacial score (nSPS) is 10.9. The molecule has 0 atom stereocenters. The molecule has 1 heteroatoms. The summed E-state index contributed by atoms with van der Waals surface area (Å²) in [5.41, 5.74) is 5.34. The van der Waals surface area contributed by atoms with E-state index in [0.717, 1.165) is 6.54 Å². The molecule has 0 aromatic rings. The maximum atomic E-state index is 5.34. The summed E-state index contributed by atoms with van der Waals surface area (Å²) in [5, 5.41) is 0. The molecular weight excluding hydrogens is 110 g/mol. The van der Waals surface area contributed by atoms with Gasteiger partial charge in [-0.15, -0.1) is 0 Å². The van der Waals surface area contributed by atoms with E-state index in [4.69, 9.17) is 8.70 Å². The molecule has 0 saturated heterocycles. The second-order valence-electron chi connectivity index (χ2n) is 2.56. The van der Waals surface area contributed by atoms with Crippen LogP contribution in [0.5, 0.6) is 0 Å². The Balaban J connectivity index is -0.000000249. The van der Waals surface area contributed by atoms with Crippen LogP contribution in [0.15, 0.2) is 0 Å². The van der Waals surface area contributed by atoms with Crippen LogP contribution < -0.4 is 5.73 Å². The number of nitrogens with two attached hydrogens (primary N) is 1. The first kappa shape index (κ1) is 7.07. The van der Waals surface area contributed by atoms with E-state index in [0.29, 0.717) is 0 Å². The molecule has 1 nitrogen and oxygen atoms in total. The lowest BCUT2D eigenvalue weighted by atomic mass is 10.1. The van der Waals surface area contributed by atoms with Crippen molar-refractivity contribution in [2.24, 2.45) is 5.73 Å². The number of hydrogen-bond donors (Lipinski definition) is 1. The Morgan fingerprint density at radius 1 is 1.11 bits per heavy atom. The molecule has 0 aromatic heterocycles. The third-order valence-electron chi connectivity index (χ3n) is 1.56. The quantitative estimate of drug-likeness (QED) is 0.558. The van der Waals surface area contributed by atoms with Gasteiger partial charge in [0.05, 0.1) is 0 Å². The van der Waals surface area contributed by atoms with E-state index in [1.807, 2.05) is 0 Å². The molecular formula is C8H23N. The molecule has 9 heavy (non-hydrogen) atoms. The van der Waals surface area contributed by atoms with Gasteiger partial charge >= 0.3 is 0 Å². The topological polar surface area (TPSA) is 26.0 Å². The number of hydrogen-bond acceptors (Lipinski definition) is 1. The van der Waals surface area contributed by atoms with Gasteiger partial charge in [-0.1, -0.05) is 39.0 Å². The number of rotatable bonds is 6.